The largest absolute Gasteiger partial charge is 0.459 e. The zero-order valence-corrected chi connectivity index (χ0v) is 14.1. The van der Waals surface area contributed by atoms with Crippen LogP contribution in [0.3, 0.4) is 0 Å². The number of para-hydroxylation sites is 1. The number of pyridine rings is 1. The van der Waals surface area contributed by atoms with Crippen molar-refractivity contribution in [3.8, 4) is 0 Å². The summed E-state index contributed by atoms with van der Waals surface area (Å²) in [5.41, 5.74) is 0.935. The Kier molecular flexibility index (Phi) is 3.68. The number of aromatic nitrogens is 1. The maximum absolute atomic E-state index is 12.7. The molecular formula is C19H22N2O3. The van der Waals surface area contributed by atoms with Crippen molar-refractivity contribution in [3.63, 3.8) is 0 Å². The van der Waals surface area contributed by atoms with Gasteiger partial charge in [-0.25, -0.2) is 4.79 Å². The molecule has 126 valence electrons. The Hall–Kier alpha value is -2.14. The molecule has 0 spiro atoms. The van der Waals surface area contributed by atoms with Crippen molar-refractivity contribution in [1.29, 1.82) is 0 Å². The minimum atomic E-state index is -0.377. The van der Waals surface area contributed by atoms with Gasteiger partial charge in [0.1, 0.15) is 6.10 Å². The Labute approximate surface area is 140 Å². The highest BCUT2D eigenvalue weighted by Crippen LogP contribution is 2.35. The van der Waals surface area contributed by atoms with Gasteiger partial charge in [0.25, 0.3) is 5.56 Å². The highest BCUT2D eigenvalue weighted by atomic mass is 16.5. The first-order valence-electron chi connectivity index (χ1n) is 8.56. The van der Waals surface area contributed by atoms with Gasteiger partial charge in [-0.2, -0.15) is 0 Å². The number of nitrogens with zero attached hydrogens (tertiary/aromatic N) is 2. The fourth-order valence-corrected chi connectivity index (χ4v) is 4.25. The number of fused-ring (bicyclic) bond motifs is 3. The first kappa shape index (κ1) is 15.4. The maximum atomic E-state index is 12.7. The summed E-state index contributed by atoms with van der Waals surface area (Å²) in [5.74, 6) is -0.377. The van der Waals surface area contributed by atoms with Crippen LogP contribution in [-0.2, 0) is 11.8 Å². The molecule has 1 aromatic heterocycles. The fourth-order valence-electron chi connectivity index (χ4n) is 4.25. The second kappa shape index (κ2) is 5.74. The second-order valence-electron chi connectivity index (χ2n) is 7.02. The van der Waals surface area contributed by atoms with Gasteiger partial charge in [0.15, 0.2) is 0 Å². The van der Waals surface area contributed by atoms with Crippen molar-refractivity contribution in [2.45, 2.75) is 43.9 Å². The van der Waals surface area contributed by atoms with Gasteiger partial charge in [-0.3, -0.25) is 4.79 Å². The lowest BCUT2D eigenvalue weighted by Crippen LogP contribution is -2.43. The maximum Gasteiger partial charge on any atom is 0.339 e. The lowest BCUT2D eigenvalue weighted by atomic mass is 10.0. The van der Waals surface area contributed by atoms with Crippen LogP contribution in [-0.4, -0.2) is 40.7 Å². The Morgan fingerprint density at radius 2 is 1.79 bits per heavy atom. The molecule has 2 aromatic rings. The predicted molar refractivity (Wildman–Crippen MR) is 92.2 cm³/mol. The molecule has 2 atom stereocenters. The number of aryl methyl sites for hydroxylation is 1. The van der Waals surface area contributed by atoms with Crippen molar-refractivity contribution in [2.24, 2.45) is 7.05 Å². The van der Waals surface area contributed by atoms with Gasteiger partial charge < -0.3 is 14.2 Å². The molecule has 2 aliphatic heterocycles. The van der Waals surface area contributed by atoms with E-state index in [1.165, 1.54) is 18.9 Å². The van der Waals surface area contributed by atoms with E-state index in [4.69, 9.17) is 4.74 Å². The first-order valence-corrected chi connectivity index (χ1v) is 8.56. The van der Waals surface area contributed by atoms with Crippen LogP contribution < -0.4 is 5.56 Å². The molecule has 0 radical (unpaired) electrons. The molecule has 4 rings (SSSR count). The number of hydrogen-bond donors (Lipinski definition) is 0. The molecule has 2 unspecified atom stereocenters. The van der Waals surface area contributed by atoms with Gasteiger partial charge in [0, 0.05) is 43.4 Å². The Balaban J connectivity index is 1.63. The van der Waals surface area contributed by atoms with Crippen molar-refractivity contribution in [1.82, 2.24) is 9.47 Å². The molecular weight excluding hydrogens is 304 g/mol. The van der Waals surface area contributed by atoms with Crippen LogP contribution >= 0.6 is 0 Å². The number of piperidine rings is 1. The van der Waals surface area contributed by atoms with E-state index in [9.17, 15) is 9.59 Å². The van der Waals surface area contributed by atoms with Gasteiger partial charge in [-0.15, -0.1) is 0 Å². The van der Waals surface area contributed by atoms with Gasteiger partial charge in [-0.1, -0.05) is 18.2 Å². The summed E-state index contributed by atoms with van der Waals surface area (Å²) >= 11 is 0. The van der Waals surface area contributed by atoms with E-state index < -0.39 is 0 Å². The topological polar surface area (TPSA) is 51.5 Å². The summed E-state index contributed by atoms with van der Waals surface area (Å²) in [5, 5.41) is 0.764. The minimum Gasteiger partial charge on any atom is -0.459 e. The van der Waals surface area contributed by atoms with Crippen LogP contribution in [0.5, 0.6) is 0 Å². The number of carbonyl (C=O) groups is 1. The van der Waals surface area contributed by atoms with E-state index in [1.54, 1.807) is 11.6 Å². The summed E-state index contributed by atoms with van der Waals surface area (Å²) in [6.45, 7) is 0. The standard InChI is InChI=1S/C19H22N2O3/c1-20-12-7-8-13(20)10-14(9-12)24-19(23)16-11-18(22)21(2)17-6-4-3-5-15(16)17/h3-6,11-14H,7-10H2,1-2H3. The van der Waals surface area contributed by atoms with Crippen molar-refractivity contribution in [2.75, 3.05) is 7.05 Å². The average Bonchev–Trinajstić information content (AvgIpc) is 2.80. The normalized spacial score (nSPS) is 26.7. The molecule has 1 aromatic carbocycles. The molecule has 3 heterocycles. The van der Waals surface area contributed by atoms with Crippen LogP contribution in [0.25, 0.3) is 10.9 Å². The summed E-state index contributed by atoms with van der Waals surface area (Å²) in [4.78, 5) is 27.3. The number of rotatable bonds is 2. The second-order valence-corrected chi connectivity index (χ2v) is 7.02. The van der Waals surface area contributed by atoms with Crippen LogP contribution in [0.2, 0.25) is 0 Å². The lowest BCUT2D eigenvalue weighted by Gasteiger charge is -2.35. The van der Waals surface area contributed by atoms with Crippen molar-refractivity contribution < 1.29 is 9.53 Å². The van der Waals surface area contributed by atoms with Crippen LogP contribution in [0.15, 0.2) is 35.1 Å². The van der Waals surface area contributed by atoms with E-state index in [-0.39, 0.29) is 17.6 Å². The SMILES string of the molecule is CN1C2CCC1CC(OC(=O)c1cc(=O)n(C)c3ccccc13)C2. The van der Waals surface area contributed by atoms with Crippen LogP contribution in [0.4, 0.5) is 0 Å². The number of ether oxygens (including phenoxy) is 1. The summed E-state index contributed by atoms with van der Waals surface area (Å²) in [7, 11) is 3.88. The number of hydrogen-bond acceptors (Lipinski definition) is 4. The number of benzene rings is 1. The molecule has 2 aliphatic rings. The number of carbonyl (C=O) groups excluding carboxylic acids is 1. The van der Waals surface area contributed by atoms with Crippen LogP contribution in [0.1, 0.15) is 36.0 Å². The fraction of sp³-hybridized carbons (Fsp3) is 0.474. The predicted octanol–water partition coefficient (Wildman–Crippen LogP) is 2.32. The highest BCUT2D eigenvalue weighted by molar-refractivity contribution is 6.03. The third-order valence-corrected chi connectivity index (χ3v) is 5.70. The van der Waals surface area contributed by atoms with Crippen molar-refractivity contribution in [3.05, 3.63) is 46.2 Å². The van der Waals surface area contributed by atoms with E-state index in [1.807, 2.05) is 24.3 Å². The third kappa shape index (κ3) is 2.44. The van der Waals surface area contributed by atoms with E-state index in [0.717, 1.165) is 23.7 Å². The smallest absolute Gasteiger partial charge is 0.339 e. The third-order valence-electron chi connectivity index (χ3n) is 5.70. The monoisotopic (exact) mass is 326 g/mol. The number of esters is 1. The molecule has 24 heavy (non-hydrogen) atoms. The Bertz CT molecular complexity index is 843. The molecule has 5 nitrogen and oxygen atoms in total. The van der Waals surface area contributed by atoms with E-state index in [2.05, 4.69) is 11.9 Å². The van der Waals surface area contributed by atoms with Crippen LogP contribution in [0, 0.1) is 0 Å². The first-order chi connectivity index (χ1) is 11.5. The average molecular weight is 326 g/mol. The molecule has 0 amide bonds. The highest BCUT2D eigenvalue weighted by Gasteiger charge is 2.40. The molecule has 0 saturated carbocycles. The van der Waals surface area contributed by atoms with Gasteiger partial charge in [0.05, 0.1) is 11.1 Å². The Morgan fingerprint density at radius 1 is 1.12 bits per heavy atom. The zero-order chi connectivity index (χ0) is 16.8. The molecule has 0 N–H and O–H groups in total. The molecule has 2 saturated heterocycles. The zero-order valence-electron chi connectivity index (χ0n) is 14.1. The van der Waals surface area contributed by atoms with Gasteiger partial charge >= 0.3 is 5.97 Å². The molecule has 2 fully saturated rings. The van der Waals surface area contributed by atoms with Gasteiger partial charge in [0.2, 0.25) is 0 Å². The van der Waals surface area contributed by atoms with Crippen molar-refractivity contribution >= 4 is 16.9 Å². The van der Waals surface area contributed by atoms with E-state index in [0.29, 0.717) is 17.6 Å². The summed E-state index contributed by atoms with van der Waals surface area (Å²) in [6.07, 6.45) is 4.10. The van der Waals surface area contributed by atoms with Gasteiger partial charge in [-0.05, 0) is 26.0 Å². The van der Waals surface area contributed by atoms with E-state index >= 15 is 0 Å². The summed E-state index contributed by atoms with van der Waals surface area (Å²) in [6, 6.07) is 9.88. The lowest BCUT2D eigenvalue weighted by molar-refractivity contribution is -0.000284. The quantitative estimate of drug-likeness (QED) is 0.795. The molecule has 0 aliphatic carbocycles. The molecule has 5 heteroatoms. The molecule has 2 bridgehead atoms. The Morgan fingerprint density at radius 3 is 2.50 bits per heavy atom. The minimum absolute atomic E-state index is 0.0472. The summed E-state index contributed by atoms with van der Waals surface area (Å²) < 4.78 is 7.35.